The minimum atomic E-state index is 0.0823. The molecule has 0 saturated carbocycles. The topological polar surface area (TPSA) is 68.0 Å². The fraction of sp³-hybridized carbons (Fsp3) is 0.667. The van der Waals surface area contributed by atoms with E-state index in [9.17, 15) is 4.79 Å². The van der Waals surface area contributed by atoms with E-state index in [-0.39, 0.29) is 11.9 Å². The van der Waals surface area contributed by atoms with Gasteiger partial charge in [0.15, 0.2) is 0 Å². The zero-order chi connectivity index (χ0) is 12.7. The fourth-order valence-corrected chi connectivity index (χ4v) is 2.24. The molecule has 1 aromatic heterocycles. The molecule has 0 aliphatic carbocycles. The van der Waals surface area contributed by atoms with Crippen molar-refractivity contribution in [3.05, 3.63) is 16.1 Å². The number of nitrogens with two attached hydrogens (primary N) is 1. The third-order valence-corrected chi connectivity index (χ3v) is 3.59. The molecule has 0 aliphatic rings. The number of nitrogens with zero attached hydrogens (tertiary/aromatic N) is 1. The molecular formula is C12H21N3OS. The van der Waals surface area contributed by atoms with E-state index >= 15 is 0 Å². The number of carbonyl (C=O) groups excluding carboxylic acids is 1. The standard InChI is InChI=1S/C12H21N3OS/c1-3-10-7-15-12(17-10)8-14-11(16)6-4-5-9(2)13/h7,9H,3-6,8,13H2,1-2H3,(H,14,16). The molecule has 3 N–H and O–H groups in total. The van der Waals surface area contributed by atoms with Gasteiger partial charge in [0.1, 0.15) is 5.01 Å². The van der Waals surface area contributed by atoms with Crippen LogP contribution in [0.2, 0.25) is 0 Å². The van der Waals surface area contributed by atoms with Gasteiger partial charge >= 0.3 is 0 Å². The van der Waals surface area contributed by atoms with Gasteiger partial charge in [-0.25, -0.2) is 4.98 Å². The monoisotopic (exact) mass is 255 g/mol. The number of hydrogen-bond acceptors (Lipinski definition) is 4. The van der Waals surface area contributed by atoms with E-state index in [1.54, 1.807) is 11.3 Å². The van der Waals surface area contributed by atoms with E-state index in [2.05, 4.69) is 17.2 Å². The molecule has 17 heavy (non-hydrogen) atoms. The van der Waals surface area contributed by atoms with E-state index in [1.165, 1.54) is 4.88 Å². The smallest absolute Gasteiger partial charge is 0.220 e. The first-order valence-corrected chi connectivity index (χ1v) is 6.89. The molecule has 0 aliphatic heterocycles. The Hall–Kier alpha value is -0.940. The van der Waals surface area contributed by atoms with Crippen molar-refractivity contribution in [3.8, 4) is 0 Å². The summed E-state index contributed by atoms with van der Waals surface area (Å²) in [4.78, 5) is 17.0. The largest absolute Gasteiger partial charge is 0.350 e. The molecule has 96 valence electrons. The molecule has 0 fully saturated rings. The quantitative estimate of drug-likeness (QED) is 0.781. The van der Waals surface area contributed by atoms with Crippen LogP contribution in [0.5, 0.6) is 0 Å². The van der Waals surface area contributed by atoms with Gasteiger partial charge in [0.25, 0.3) is 0 Å². The van der Waals surface area contributed by atoms with Gasteiger partial charge in [0.05, 0.1) is 6.54 Å². The van der Waals surface area contributed by atoms with Crippen molar-refractivity contribution in [3.63, 3.8) is 0 Å². The van der Waals surface area contributed by atoms with Gasteiger partial charge < -0.3 is 11.1 Å². The van der Waals surface area contributed by atoms with Gasteiger partial charge in [0.2, 0.25) is 5.91 Å². The predicted octanol–water partition coefficient (Wildman–Crippen LogP) is 1.84. The average Bonchev–Trinajstić information content (AvgIpc) is 2.73. The van der Waals surface area contributed by atoms with Crippen LogP contribution in [0, 0.1) is 0 Å². The summed E-state index contributed by atoms with van der Waals surface area (Å²) in [5.74, 6) is 0.0823. The van der Waals surface area contributed by atoms with Crippen molar-refractivity contribution in [1.82, 2.24) is 10.3 Å². The fourth-order valence-electron chi connectivity index (χ4n) is 1.44. The van der Waals surface area contributed by atoms with Gasteiger partial charge in [-0.05, 0) is 26.2 Å². The number of aryl methyl sites for hydroxylation is 1. The number of nitrogens with one attached hydrogen (secondary N) is 1. The number of hydrogen-bond donors (Lipinski definition) is 2. The molecule has 1 atom stereocenters. The van der Waals surface area contributed by atoms with Crippen LogP contribution in [0.1, 0.15) is 43.0 Å². The molecule has 0 radical (unpaired) electrons. The van der Waals surface area contributed by atoms with Gasteiger partial charge in [-0.15, -0.1) is 11.3 Å². The Kier molecular flexibility index (Phi) is 6.15. The number of thiazole rings is 1. The maximum atomic E-state index is 11.5. The Morgan fingerprint density at radius 3 is 3.00 bits per heavy atom. The molecule has 0 saturated heterocycles. The molecule has 0 aromatic carbocycles. The maximum absolute atomic E-state index is 11.5. The summed E-state index contributed by atoms with van der Waals surface area (Å²) in [7, 11) is 0. The molecule has 1 heterocycles. The first-order valence-electron chi connectivity index (χ1n) is 6.07. The van der Waals surface area contributed by atoms with Crippen LogP contribution in [-0.2, 0) is 17.8 Å². The molecule has 1 aromatic rings. The lowest BCUT2D eigenvalue weighted by atomic mass is 10.1. The van der Waals surface area contributed by atoms with Crippen LogP contribution in [0.3, 0.4) is 0 Å². The molecule has 1 amide bonds. The van der Waals surface area contributed by atoms with Crippen molar-refractivity contribution in [2.24, 2.45) is 5.73 Å². The van der Waals surface area contributed by atoms with Gasteiger partial charge in [0, 0.05) is 23.5 Å². The number of amides is 1. The first-order chi connectivity index (χ1) is 8.11. The van der Waals surface area contributed by atoms with Gasteiger partial charge in [-0.3, -0.25) is 4.79 Å². The SMILES string of the molecule is CCc1cnc(CNC(=O)CCCC(C)N)s1. The zero-order valence-corrected chi connectivity index (χ0v) is 11.3. The highest BCUT2D eigenvalue weighted by Gasteiger charge is 2.05. The minimum Gasteiger partial charge on any atom is -0.350 e. The Morgan fingerprint density at radius 1 is 1.65 bits per heavy atom. The van der Waals surface area contributed by atoms with Gasteiger partial charge in [-0.2, -0.15) is 0 Å². The van der Waals surface area contributed by atoms with Crippen LogP contribution in [0.4, 0.5) is 0 Å². The normalized spacial score (nSPS) is 12.4. The summed E-state index contributed by atoms with van der Waals surface area (Å²) in [5, 5.41) is 3.85. The van der Waals surface area contributed by atoms with Crippen molar-refractivity contribution in [1.29, 1.82) is 0 Å². The lowest BCUT2D eigenvalue weighted by molar-refractivity contribution is -0.121. The molecule has 1 rings (SSSR count). The second kappa shape index (κ2) is 7.40. The Morgan fingerprint density at radius 2 is 2.41 bits per heavy atom. The highest BCUT2D eigenvalue weighted by Crippen LogP contribution is 2.12. The molecule has 0 bridgehead atoms. The van der Waals surface area contributed by atoms with Crippen LogP contribution in [-0.4, -0.2) is 16.9 Å². The van der Waals surface area contributed by atoms with Crippen molar-refractivity contribution >= 4 is 17.2 Å². The lowest BCUT2D eigenvalue weighted by Crippen LogP contribution is -2.23. The molecular weight excluding hydrogens is 234 g/mol. The first kappa shape index (κ1) is 14.1. The van der Waals surface area contributed by atoms with E-state index in [4.69, 9.17) is 5.73 Å². The van der Waals surface area contributed by atoms with Crippen LogP contribution in [0.25, 0.3) is 0 Å². The van der Waals surface area contributed by atoms with Gasteiger partial charge in [-0.1, -0.05) is 6.92 Å². The lowest BCUT2D eigenvalue weighted by Gasteiger charge is -2.05. The second-order valence-corrected chi connectivity index (χ2v) is 5.42. The van der Waals surface area contributed by atoms with Crippen molar-refractivity contribution in [2.45, 2.75) is 52.1 Å². The van der Waals surface area contributed by atoms with Crippen LogP contribution in [0.15, 0.2) is 6.20 Å². The summed E-state index contributed by atoms with van der Waals surface area (Å²) in [6.45, 7) is 4.60. The highest BCUT2D eigenvalue weighted by molar-refractivity contribution is 7.11. The summed E-state index contributed by atoms with van der Waals surface area (Å²) < 4.78 is 0. The average molecular weight is 255 g/mol. The number of aromatic nitrogens is 1. The predicted molar refractivity (Wildman–Crippen MR) is 70.8 cm³/mol. The van der Waals surface area contributed by atoms with Crippen LogP contribution < -0.4 is 11.1 Å². The van der Waals surface area contributed by atoms with E-state index in [0.29, 0.717) is 13.0 Å². The van der Waals surface area contributed by atoms with E-state index in [1.807, 2.05) is 13.1 Å². The minimum absolute atomic E-state index is 0.0823. The Labute approximate surface area is 107 Å². The van der Waals surface area contributed by atoms with Crippen molar-refractivity contribution in [2.75, 3.05) is 0 Å². The number of rotatable bonds is 7. The Bertz CT molecular complexity index is 349. The molecule has 4 nitrogen and oxygen atoms in total. The maximum Gasteiger partial charge on any atom is 0.220 e. The van der Waals surface area contributed by atoms with E-state index in [0.717, 1.165) is 24.3 Å². The number of carbonyl (C=O) groups is 1. The summed E-state index contributed by atoms with van der Waals surface area (Å²) in [6.07, 6.45) is 5.17. The highest BCUT2D eigenvalue weighted by atomic mass is 32.1. The summed E-state index contributed by atoms with van der Waals surface area (Å²) in [5.41, 5.74) is 5.62. The van der Waals surface area contributed by atoms with Crippen molar-refractivity contribution < 1.29 is 4.79 Å². The third-order valence-electron chi connectivity index (χ3n) is 2.45. The summed E-state index contributed by atoms with van der Waals surface area (Å²) in [6, 6.07) is 0.175. The van der Waals surface area contributed by atoms with E-state index < -0.39 is 0 Å². The van der Waals surface area contributed by atoms with Crippen LogP contribution >= 0.6 is 11.3 Å². The second-order valence-electron chi connectivity index (χ2n) is 4.22. The molecule has 0 spiro atoms. The molecule has 5 heteroatoms. The zero-order valence-electron chi connectivity index (χ0n) is 10.5. The third kappa shape index (κ3) is 5.79. The molecule has 1 unspecified atom stereocenters. The Balaban J connectivity index is 2.19. The summed E-state index contributed by atoms with van der Waals surface area (Å²) >= 11 is 1.66.